The number of benzene rings is 2. The second-order valence-electron chi connectivity index (χ2n) is 6.19. The Balaban J connectivity index is 1.72. The molecule has 25 heavy (non-hydrogen) atoms. The fourth-order valence-electron chi connectivity index (χ4n) is 3.03. The number of carbonyl (C=O) groups is 3. The van der Waals surface area contributed by atoms with Crippen LogP contribution in [0.2, 0.25) is 0 Å². The summed E-state index contributed by atoms with van der Waals surface area (Å²) >= 11 is 0. The molecule has 0 spiro atoms. The lowest BCUT2D eigenvalue weighted by Gasteiger charge is -2.12. The number of hydrogen-bond acceptors (Lipinski definition) is 6. The van der Waals surface area contributed by atoms with Gasteiger partial charge in [-0.15, -0.1) is 0 Å². The zero-order chi connectivity index (χ0) is 17.7. The third-order valence-electron chi connectivity index (χ3n) is 4.09. The summed E-state index contributed by atoms with van der Waals surface area (Å²) < 4.78 is 15.8. The van der Waals surface area contributed by atoms with Gasteiger partial charge in [0, 0.05) is 5.56 Å². The van der Waals surface area contributed by atoms with Crippen LogP contribution in [0, 0.1) is 0 Å². The van der Waals surface area contributed by atoms with Gasteiger partial charge in [0.15, 0.2) is 0 Å². The van der Waals surface area contributed by atoms with E-state index in [1.807, 2.05) is 13.8 Å². The number of rotatable bonds is 3. The Labute approximate surface area is 143 Å². The first kappa shape index (κ1) is 15.4. The zero-order valence-electron chi connectivity index (χ0n) is 13.6. The Morgan fingerprint density at radius 1 is 0.960 bits per heavy atom. The van der Waals surface area contributed by atoms with E-state index < -0.39 is 23.6 Å². The summed E-state index contributed by atoms with van der Waals surface area (Å²) in [6.45, 7) is 3.86. The number of fused-ring (bicyclic) bond motifs is 2. The molecule has 0 saturated carbocycles. The van der Waals surface area contributed by atoms with Crippen LogP contribution in [0.5, 0.6) is 17.2 Å². The van der Waals surface area contributed by atoms with Crippen molar-refractivity contribution in [2.75, 3.05) is 0 Å². The van der Waals surface area contributed by atoms with Crippen molar-refractivity contribution in [1.29, 1.82) is 0 Å². The predicted octanol–water partition coefficient (Wildman–Crippen LogP) is 2.63. The Morgan fingerprint density at radius 2 is 1.68 bits per heavy atom. The average Bonchev–Trinajstić information content (AvgIpc) is 3.02. The van der Waals surface area contributed by atoms with Crippen LogP contribution in [0.1, 0.15) is 41.3 Å². The first-order chi connectivity index (χ1) is 11.9. The Bertz CT molecular complexity index is 910. The van der Waals surface area contributed by atoms with Crippen molar-refractivity contribution in [3.63, 3.8) is 0 Å². The van der Waals surface area contributed by atoms with Crippen LogP contribution < -0.4 is 14.2 Å². The Kier molecular flexibility index (Phi) is 3.35. The molecular formula is C19H14O6. The molecule has 1 atom stereocenters. The van der Waals surface area contributed by atoms with E-state index in [4.69, 9.17) is 14.2 Å². The van der Waals surface area contributed by atoms with E-state index in [9.17, 15) is 14.4 Å². The van der Waals surface area contributed by atoms with Gasteiger partial charge in [-0.05, 0) is 43.7 Å². The number of ether oxygens (including phenoxy) is 3. The molecular weight excluding hydrogens is 324 g/mol. The highest BCUT2D eigenvalue weighted by atomic mass is 16.6. The number of ketones is 1. The molecule has 0 fully saturated rings. The van der Waals surface area contributed by atoms with E-state index >= 15 is 0 Å². The minimum Gasteiger partial charge on any atom is -0.491 e. The van der Waals surface area contributed by atoms with Crippen molar-refractivity contribution in [3.8, 4) is 17.2 Å². The van der Waals surface area contributed by atoms with Crippen LogP contribution in [0.3, 0.4) is 0 Å². The Hall–Kier alpha value is -3.15. The standard InChI is InChI=1S/C19H14O6/c1-9(2)23-11-5-3-10(4-6-11)16-12-7-15-13(17(20)19(22)25-15)8-14(12)24-18(16)21/h3-9,16H,1-2H3. The molecule has 4 rings (SSSR count). The molecule has 0 amide bonds. The fourth-order valence-corrected chi connectivity index (χ4v) is 3.03. The van der Waals surface area contributed by atoms with Crippen LogP contribution >= 0.6 is 0 Å². The SMILES string of the molecule is CC(C)Oc1ccc(C2C(=O)Oc3cc4c(cc32)OC(=O)C4=O)cc1. The van der Waals surface area contributed by atoms with Gasteiger partial charge in [-0.25, -0.2) is 4.79 Å². The van der Waals surface area contributed by atoms with Gasteiger partial charge in [0.1, 0.15) is 23.2 Å². The molecule has 2 aliphatic heterocycles. The number of esters is 2. The molecule has 0 saturated heterocycles. The van der Waals surface area contributed by atoms with Crippen LogP contribution in [0.15, 0.2) is 36.4 Å². The summed E-state index contributed by atoms with van der Waals surface area (Å²) in [5.74, 6) is -1.57. The van der Waals surface area contributed by atoms with E-state index in [0.717, 1.165) is 5.56 Å². The van der Waals surface area contributed by atoms with Gasteiger partial charge in [0.25, 0.3) is 5.78 Å². The lowest BCUT2D eigenvalue weighted by molar-refractivity contribution is -0.133. The maximum Gasteiger partial charge on any atom is 0.385 e. The second-order valence-corrected chi connectivity index (χ2v) is 6.19. The number of Topliss-reactive ketones (excluding diaryl/α,β-unsaturated/α-hetero) is 1. The lowest BCUT2D eigenvalue weighted by atomic mass is 9.91. The molecule has 0 radical (unpaired) electrons. The Morgan fingerprint density at radius 3 is 2.36 bits per heavy atom. The highest BCUT2D eigenvalue weighted by molar-refractivity contribution is 6.44. The first-order valence-electron chi connectivity index (χ1n) is 7.87. The maximum atomic E-state index is 12.3. The summed E-state index contributed by atoms with van der Waals surface area (Å²) in [6.07, 6.45) is 0.0535. The molecule has 126 valence electrons. The number of carbonyl (C=O) groups excluding carboxylic acids is 3. The summed E-state index contributed by atoms with van der Waals surface area (Å²) in [5, 5.41) is 0. The zero-order valence-corrected chi connectivity index (χ0v) is 13.6. The monoisotopic (exact) mass is 338 g/mol. The van der Waals surface area contributed by atoms with Crippen LogP contribution in [0.4, 0.5) is 0 Å². The third kappa shape index (κ3) is 2.46. The molecule has 0 aliphatic carbocycles. The molecule has 0 bridgehead atoms. The minimum atomic E-state index is -0.920. The molecule has 2 aromatic carbocycles. The van der Waals surface area contributed by atoms with Gasteiger partial charge < -0.3 is 14.2 Å². The van der Waals surface area contributed by atoms with Crippen molar-refractivity contribution in [1.82, 2.24) is 0 Å². The van der Waals surface area contributed by atoms with Gasteiger partial charge in [-0.3, -0.25) is 9.59 Å². The average molecular weight is 338 g/mol. The molecule has 2 aromatic rings. The van der Waals surface area contributed by atoms with E-state index in [-0.39, 0.29) is 23.2 Å². The van der Waals surface area contributed by atoms with Crippen molar-refractivity contribution in [2.24, 2.45) is 0 Å². The summed E-state index contributed by atoms with van der Waals surface area (Å²) in [6, 6.07) is 10.1. The van der Waals surface area contributed by atoms with Gasteiger partial charge in [-0.1, -0.05) is 12.1 Å². The van der Waals surface area contributed by atoms with Crippen molar-refractivity contribution in [2.45, 2.75) is 25.9 Å². The third-order valence-corrected chi connectivity index (χ3v) is 4.09. The van der Waals surface area contributed by atoms with Crippen molar-refractivity contribution >= 4 is 17.7 Å². The van der Waals surface area contributed by atoms with Gasteiger partial charge in [0.2, 0.25) is 0 Å². The van der Waals surface area contributed by atoms with Gasteiger partial charge in [-0.2, -0.15) is 0 Å². The predicted molar refractivity (Wildman–Crippen MR) is 86.1 cm³/mol. The van der Waals surface area contributed by atoms with Crippen LogP contribution in [-0.4, -0.2) is 23.8 Å². The van der Waals surface area contributed by atoms with Crippen LogP contribution in [-0.2, 0) is 9.59 Å². The molecule has 0 aromatic heterocycles. The highest BCUT2D eigenvalue weighted by Gasteiger charge is 2.40. The first-order valence-corrected chi connectivity index (χ1v) is 7.87. The molecule has 6 heteroatoms. The van der Waals surface area contributed by atoms with Gasteiger partial charge in [0.05, 0.1) is 11.7 Å². The molecule has 0 N–H and O–H groups in total. The van der Waals surface area contributed by atoms with E-state index in [0.29, 0.717) is 11.3 Å². The number of hydrogen-bond donors (Lipinski definition) is 0. The highest BCUT2D eigenvalue weighted by Crippen LogP contribution is 2.44. The maximum absolute atomic E-state index is 12.3. The van der Waals surface area contributed by atoms with E-state index in [1.54, 1.807) is 24.3 Å². The lowest BCUT2D eigenvalue weighted by Crippen LogP contribution is -2.12. The largest absolute Gasteiger partial charge is 0.491 e. The van der Waals surface area contributed by atoms with E-state index in [2.05, 4.69) is 0 Å². The fraction of sp³-hybridized carbons (Fsp3) is 0.211. The molecule has 6 nitrogen and oxygen atoms in total. The minimum absolute atomic E-state index is 0.0535. The van der Waals surface area contributed by atoms with Crippen molar-refractivity contribution in [3.05, 3.63) is 53.1 Å². The quantitative estimate of drug-likeness (QED) is 0.486. The van der Waals surface area contributed by atoms with Gasteiger partial charge >= 0.3 is 11.9 Å². The summed E-state index contributed by atoms with van der Waals surface area (Å²) in [4.78, 5) is 35.5. The smallest absolute Gasteiger partial charge is 0.385 e. The topological polar surface area (TPSA) is 78.9 Å². The molecule has 2 aliphatic rings. The van der Waals surface area contributed by atoms with E-state index in [1.165, 1.54) is 12.1 Å². The molecule has 1 unspecified atom stereocenters. The normalized spacial score (nSPS) is 18.0. The second kappa shape index (κ2) is 5.44. The van der Waals surface area contributed by atoms with Crippen LogP contribution in [0.25, 0.3) is 0 Å². The van der Waals surface area contributed by atoms with Crippen molar-refractivity contribution < 1.29 is 28.6 Å². The summed E-state index contributed by atoms with van der Waals surface area (Å²) in [5.41, 5.74) is 1.43. The molecule has 2 heterocycles. The summed E-state index contributed by atoms with van der Waals surface area (Å²) in [7, 11) is 0.